The smallest absolute Gasteiger partial charge is 0.224 e. The van der Waals surface area contributed by atoms with E-state index < -0.39 is 0 Å². The average Bonchev–Trinajstić information content (AvgIpc) is 2.61. The normalized spacial score (nSPS) is 21.9. The summed E-state index contributed by atoms with van der Waals surface area (Å²) in [6.45, 7) is 5.37. The first-order valence-corrected chi connectivity index (χ1v) is 5.55. The van der Waals surface area contributed by atoms with Crippen LogP contribution < -0.4 is 11.1 Å². The first-order chi connectivity index (χ1) is 6.57. The summed E-state index contributed by atoms with van der Waals surface area (Å²) in [6, 6.07) is 0. The Balaban J connectivity index is 2.29. The molecule has 0 spiro atoms. The average molecular weight is 198 g/mol. The van der Waals surface area contributed by atoms with Crippen LogP contribution in [0.25, 0.3) is 0 Å². The van der Waals surface area contributed by atoms with Crippen molar-refractivity contribution in [1.29, 1.82) is 0 Å². The fourth-order valence-corrected chi connectivity index (χ4v) is 1.99. The Morgan fingerprint density at radius 3 is 2.57 bits per heavy atom. The van der Waals surface area contributed by atoms with Crippen molar-refractivity contribution in [2.45, 2.75) is 39.5 Å². The summed E-state index contributed by atoms with van der Waals surface area (Å²) in [5.41, 5.74) is 5.77. The minimum absolute atomic E-state index is 0.0556. The molecule has 1 aliphatic carbocycles. The molecule has 0 aliphatic heterocycles. The first-order valence-electron chi connectivity index (χ1n) is 5.55. The van der Waals surface area contributed by atoms with Crippen molar-refractivity contribution in [3.8, 4) is 0 Å². The maximum atomic E-state index is 11.5. The van der Waals surface area contributed by atoms with E-state index in [1.807, 2.05) is 6.92 Å². The van der Waals surface area contributed by atoms with Gasteiger partial charge >= 0.3 is 0 Å². The van der Waals surface area contributed by atoms with Gasteiger partial charge in [0, 0.05) is 19.0 Å². The maximum absolute atomic E-state index is 11.5. The molecule has 0 aromatic heterocycles. The van der Waals surface area contributed by atoms with Gasteiger partial charge in [-0.05, 0) is 18.3 Å². The standard InChI is InChI=1S/C11H22N2O/c1-9(7-12)10(14)13-8-11(2)5-3-4-6-11/h9H,3-8,12H2,1-2H3,(H,13,14). The van der Waals surface area contributed by atoms with E-state index in [4.69, 9.17) is 5.73 Å². The lowest BCUT2D eigenvalue weighted by Crippen LogP contribution is -2.39. The van der Waals surface area contributed by atoms with Crippen LogP contribution in [0.3, 0.4) is 0 Å². The molecule has 1 atom stereocenters. The van der Waals surface area contributed by atoms with Crippen LogP contribution in [0.15, 0.2) is 0 Å². The van der Waals surface area contributed by atoms with E-state index in [0.717, 1.165) is 6.54 Å². The van der Waals surface area contributed by atoms with Crippen molar-refractivity contribution in [2.24, 2.45) is 17.1 Å². The quantitative estimate of drug-likeness (QED) is 0.715. The molecule has 0 bridgehead atoms. The lowest BCUT2D eigenvalue weighted by molar-refractivity contribution is -0.124. The molecule has 0 aromatic rings. The molecule has 14 heavy (non-hydrogen) atoms. The van der Waals surface area contributed by atoms with Gasteiger partial charge in [-0.2, -0.15) is 0 Å². The highest BCUT2D eigenvalue weighted by atomic mass is 16.1. The zero-order valence-corrected chi connectivity index (χ0v) is 9.31. The predicted molar refractivity (Wildman–Crippen MR) is 57.8 cm³/mol. The molecule has 1 fully saturated rings. The van der Waals surface area contributed by atoms with Gasteiger partial charge < -0.3 is 11.1 Å². The zero-order chi connectivity index (χ0) is 10.6. The predicted octanol–water partition coefficient (Wildman–Crippen LogP) is 1.28. The second kappa shape index (κ2) is 4.78. The summed E-state index contributed by atoms with van der Waals surface area (Å²) >= 11 is 0. The van der Waals surface area contributed by atoms with Crippen LogP contribution in [0, 0.1) is 11.3 Å². The summed E-state index contributed by atoms with van der Waals surface area (Å²) in [5.74, 6) is 0.0422. The lowest BCUT2D eigenvalue weighted by atomic mass is 9.89. The first kappa shape index (κ1) is 11.5. The Bertz CT molecular complexity index is 197. The van der Waals surface area contributed by atoms with Crippen LogP contribution in [0.5, 0.6) is 0 Å². The lowest BCUT2D eigenvalue weighted by Gasteiger charge is -2.24. The van der Waals surface area contributed by atoms with E-state index in [0.29, 0.717) is 12.0 Å². The monoisotopic (exact) mass is 198 g/mol. The highest BCUT2D eigenvalue weighted by molar-refractivity contribution is 5.78. The SMILES string of the molecule is CC(CN)C(=O)NCC1(C)CCCC1. The van der Waals surface area contributed by atoms with Gasteiger partial charge in [0.05, 0.1) is 0 Å². The Labute approximate surface area is 86.4 Å². The van der Waals surface area contributed by atoms with Crippen molar-refractivity contribution in [3.63, 3.8) is 0 Å². The summed E-state index contributed by atoms with van der Waals surface area (Å²) in [4.78, 5) is 11.5. The fourth-order valence-electron chi connectivity index (χ4n) is 1.99. The summed E-state index contributed by atoms with van der Waals surface area (Å²) in [6.07, 6.45) is 5.09. The number of nitrogens with two attached hydrogens (primary N) is 1. The second-order valence-electron chi connectivity index (χ2n) is 4.87. The third-order valence-electron chi connectivity index (χ3n) is 3.30. The van der Waals surface area contributed by atoms with E-state index >= 15 is 0 Å². The number of nitrogens with one attached hydrogen (secondary N) is 1. The molecule has 0 radical (unpaired) electrons. The fraction of sp³-hybridized carbons (Fsp3) is 0.909. The van der Waals surface area contributed by atoms with Gasteiger partial charge in [-0.1, -0.05) is 26.7 Å². The molecule has 82 valence electrons. The maximum Gasteiger partial charge on any atom is 0.224 e. The van der Waals surface area contributed by atoms with Crippen molar-refractivity contribution < 1.29 is 4.79 Å². The number of carbonyl (C=O) groups excluding carboxylic acids is 1. The van der Waals surface area contributed by atoms with Crippen molar-refractivity contribution in [3.05, 3.63) is 0 Å². The molecular formula is C11H22N2O. The minimum atomic E-state index is -0.0556. The van der Waals surface area contributed by atoms with Gasteiger partial charge in [0.15, 0.2) is 0 Å². The second-order valence-corrected chi connectivity index (χ2v) is 4.87. The Morgan fingerprint density at radius 1 is 1.50 bits per heavy atom. The number of hydrogen-bond acceptors (Lipinski definition) is 2. The Kier molecular flexibility index (Phi) is 3.93. The van der Waals surface area contributed by atoms with Gasteiger partial charge in [0.25, 0.3) is 0 Å². The third kappa shape index (κ3) is 2.98. The van der Waals surface area contributed by atoms with Gasteiger partial charge in [0.2, 0.25) is 5.91 Å². The molecule has 0 heterocycles. The third-order valence-corrected chi connectivity index (χ3v) is 3.30. The highest BCUT2D eigenvalue weighted by Gasteiger charge is 2.29. The molecule has 1 saturated carbocycles. The van der Waals surface area contributed by atoms with E-state index in [9.17, 15) is 4.79 Å². The van der Waals surface area contributed by atoms with Gasteiger partial charge in [-0.25, -0.2) is 0 Å². The minimum Gasteiger partial charge on any atom is -0.355 e. The molecule has 3 N–H and O–H groups in total. The van der Waals surface area contributed by atoms with E-state index in [1.54, 1.807) is 0 Å². The largest absolute Gasteiger partial charge is 0.355 e. The Morgan fingerprint density at radius 2 is 2.07 bits per heavy atom. The number of rotatable bonds is 4. The molecule has 1 rings (SSSR count). The summed E-state index contributed by atoms with van der Waals surface area (Å²) < 4.78 is 0. The van der Waals surface area contributed by atoms with Crippen molar-refractivity contribution >= 4 is 5.91 Å². The van der Waals surface area contributed by atoms with E-state index in [1.165, 1.54) is 25.7 Å². The molecular weight excluding hydrogens is 176 g/mol. The zero-order valence-electron chi connectivity index (χ0n) is 9.31. The molecule has 1 amide bonds. The van der Waals surface area contributed by atoms with Crippen LogP contribution >= 0.6 is 0 Å². The van der Waals surface area contributed by atoms with Crippen LogP contribution in [-0.2, 0) is 4.79 Å². The summed E-state index contributed by atoms with van der Waals surface area (Å²) in [7, 11) is 0. The molecule has 3 heteroatoms. The van der Waals surface area contributed by atoms with Gasteiger partial charge in [-0.15, -0.1) is 0 Å². The van der Waals surface area contributed by atoms with Crippen LogP contribution in [0.1, 0.15) is 39.5 Å². The van der Waals surface area contributed by atoms with Crippen LogP contribution in [0.4, 0.5) is 0 Å². The highest BCUT2D eigenvalue weighted by Crippen LogP contribution is 2.36. The molecule has 0 saturated heterocycles. The molecule has 1 aliphatic rings. The van der Waals surface area contributed by atoms with E-state index in [-0.39, 0.29) is 11.8 Å². The Hall–Kier alpha value is -0.570. The van der Waals surface area contributed by atoms with Crippen LogP contribution in [-0.4, -0.2) is 19.0 Å². The molecule has 0 aromatic carbocycles. The van der Waals surface area contributed by atoms with Crippen LogP contribution in [0.2, 0.25) is 0 Å². The number of hydrogen-bond donors (Lipinski definition) is 2. The van der Waals surface area contributed by atoms with Gasteiger partial charge in [-0.3, -0.25) is 4.79 Å². The van der Waals surface area contributed by atoms with Crippen molar-refractivity contribution in [2.75, 3.05) is 13.1 Å². The molecule has 1 unspecified atom stereocenters. The summed E-state index contributed by atoms with van der Waals surface area (Å²) in [5, 5.41) is 3.00. The number of carbonyl (C=O) groups is 1. The van der Waals surface area contributed by atoms with Crippen molar-refractivity contribution in [1.82, 2.24) is 5.32 Å². The molecule has 3 nitrogen and oxygen atoms in total. The topological polar surface area (TPSA) is 55.1 Å². The number of amides is 1. The van der Waals surface area contributed by atoms with E-state index in [2.05, 4.69) is 12.2 Å². The van der Waals surface area contributed by atoms with Gasteiger partial charge in [0.1, 0.15) is 0 Å².